The van der Waals surface area contributed by atoms with Gasteiger partial charge in [-0.2, -0.15) is 0 Å². The van der Waals surface area contributed by atoms with Crippen LogP contribution in [-0.2, 0) is 16.0 Å². The number of urea groups is 1. The topological polar surface area (TPSA) is 103 Å². The number of hydrogen-bond acceptors (Lipinski definition) is 3. The summed E-state index contributed by atoms with van der Waals surface area (Å²) in [5, 5.41) is 9.91. The molecule has 0 saturated carbocycles. The molecule has 1 heterocycles. The first kappa shape index (κ1) is 31.2. The third-order valence-electron chi connectivity index (χ3n) is 5.55. The molecule has 3 amide bonds. The third kappa shape index (κ3) is 11.3. The fourth-order valence-electron chi connectivity index (χ4n) is 3.44. The number of fused-ring (bicyclic) bond motifs is 1. The Morgan fingerprint density at radius 1 is 0.833 bits per heavy atom. The number of carbonyl (C=O) groups excluding carboxylic acids is 3. The van der Waals surface area contributed by atoms with Gasteiger partial charge in [-0.3, -0.25) is 9.59 Å². The quantitative estimate of drug-likeness (QED) is 0.372. The van der Waals surface area contributed by atoms with Crippen molar-refractivity contribution < 1.29 is 14.4 Å². The van der Waals surface area contributed by atoms with Crippen LogP contribution in [0.1, 0.15) is 87.6 Å². The van der Waals surface area contributed by atoms with E-state index in [1.54, 1.807) is 0 Å². The number of amides is 3. The van der Waals surface area contributed by atoms with Gasteiger partial charge in [0.25, 0.3) is 0 Å². The summed E-state index contributed by atoms with van der Waals surface area (Å²) in [6.45, 7) is 19.3. The number of aromatic nitrogens is 1. The Morgan fingerprint density at radius 3 is 1.92 bits per heavy atom. The van der Waals surface area contributed by atoms with E-state index >= 15 is 0 Å². The minimum absolute atomic E-state index is 0.0694. The molecule has 0 fully saturated rings. The van der Waals surface area contributed by atoms with Crippen LogP contribution in [0.3, 0.4) is 0 Å². The highest BCUT2D eigenvalue weighted by Crippen LogP contribution is 2.22. The Labute approximate surface area is 217 Å². The largest absolute Gasteiger partial charge is 0.361 e. The van der Waals surface area contributed by atoms with Gasteiger partial charge >= 0.3 is 6.03 Å². The third-order valence-corrected chi connectivity index (χ3v) is 5.55. The minimum atomic E-state index is -0.356. The van der Waals surface area contributed by atoms with E-state index in [9.17, 15) is 14.4 Å². The Balaban J connectivity index is 0.000000548. The molecule has 1 aromatic heterocycles. The lowest BCUT2D eigenvalue weighted by Crippen LogP contribution is -2.45. The molecule has 2 aromatic rings. The van der Waals surface area contributed by atoms with Gasteiger partial charge in [0.1, 0.15) is 5.78 Å². The minimum Gasteiger partial charge on any atom is -0.361 e. The average molecular weight is 501 g/mol. The van der Waals surface area contributed by atoms with Crippen molar-refractivity contribution in [3.63, 3.8) is 0 Å². The lowest BCUT2D eigenvalue weighted by Gasteiger charge is -2.22. The van der Waals surface area contributed by atoms with Crippen LogP contribution in [0.5, 0.6) is 0 Å². The number of Topliss-reactive ketones (excluding diaryl/α,β-unsaturated/α-hetero) is 1. The normalized spacial score (nSPS) is 12.7. The summed E-state index contributed by atoms with van der Waals surface area (Å²) in [5.41, 5.74) is 1.62. The van der Waals surface area contributed by atoms with Gasteiger partial charge < -0.3 is 20.9 Å². The van der Waals surface area contributed by atoms with E-state index in [-0.39, 0.29) is 46.7 Å². The zero-order chi connectivity index (χ0) is 27.7. The van der Waals surface area contributed by atoms with E-state index in [4.69, 9.17) is 0 Å². The van der Waals surface area contributed by atoms with Crippen LogP contribution in [0.25, 0.3) is 10.9 Å². The molecule has 1 atom stereocenters. The van der Waals surface area contributed by atoms with Gasteiger partial charge in [-0.15, -0.1) is 0 Å². The van der Waals surface area contributed by atoms with Crippen LogP contribution in [0.2, 0.25) is 0 Å². The van der Waals surface area contributed by atoms with Crippen LogP contribution >= 0.6 is 0 Å². The van der Waals surface area contributed by atoms with Crippen LogP contribution < -0.4 is 16.0 Å². The highest BCUT2D eigenvalue weighted by molar-refractivity contribution is 5.84. The first-order valence-electron chi connectivity index (χ1n) is 13.0. The monoisotopic (exact) mass is 500 g/mol. The summed E-state index contributed by atoms with van der Waals surface area (Å²) in [5.74, 6) is 0.329. The number of benzene rings is 1. The van der Waals surface area contributed by atoms with Gasteiger partial charge in [-0.1, -0.05) is 59.7 Å². The van der Waals surface area contributed by atoms with E-state index < -0.39 is 0 Å². The van der Waals surface area contributed by atoms with E-state index in [1.807, 2.05) is 93.6 Å². The second-order valence-corrected chi connectivity index (χ2v) is 12.1. The lowest BCUT2D eigenvalue weighted by atomic mass is 9.87. The second kappa shape index (κ2) is 13.5. The predicted molar refractivity (Wildman–Crippen MR) is 149 cm³/mol. The number of H-pyrrole nitrogens is 1. The maximum Gasteiger partial charge on any atom is 0.315 e. The summed E-state index contributed by atoms with van der Waals surface area (Å²) >= 11 is 0. The SMILES string of the molecule is CC(C)NC(=O)C(C)(C)C.CC(C)NC(=O)NC(CCC(=O)C(C)(C)C)Cc1c[nH]c2ccccc12. The predicted octanol–water partition coefficient (Wildman–Crippen LogP) is 5.74. The highest BCUT2D eigenvalue weighted by atomic mass is 16.2. The first-order chi connectivity index (χ1) is 16.5. The number of para-hydroxylation sites is 1. The fraction of sp³-hybridized carbons (Fsp3) is 0.621. The maximum atomic E-state index is 12.3. The number of rotatable bonds is 8. The van der Waals surface area contributed by atoms with Crippen molar-refractivity contribution in [2.24, 2.45) is 10.8 Å². The van der Waals surface area contributed by atoms with Crippen LogP contribution in [0, 0.1) is 10.8 Å². The molecule has 1 unspecified atom stereocenters. The lowest BCUT2D eigenvalue weighted by molar-refractivity contribution is -0.129. The summed E-state index contributed by atoms with van der Waals surface area (Å²) in [4.78, 5) is 38.9. The number of carbonyl (C=O) groups is 3. The van der Waals surface area contributed by atoms with E-state index in [0.717, 1.165) is 16.5 Å². The molecule has 1 aromatic carbocycles. The molecule has 0 saturated heterocycles. The Morgan fingerprint density at radius 2 is 1.42 bits per heavy atom. The van der Waals surface area contributed by atoms with Crippen molar-refractivity contribution >= 4 is 28.6 Å². The van der Waals surface area contributed by atoms with Crippen LogP contribution in [0.4, 0.5) is 4.79 Å². The molecule has 2 rings (SSSR count). The van der Waals surface area contributed by atoms with Crippen molar-refractivity contribution in [3.05, 3.63) is 36.0 Å². The summed E-state index contributed by atoms with van der Waals surface area (Å²) < 4.78 is 0. The molecule has 0 bridgehead atoms. The molecule has 7 heteroatoms. The van der Waals surface area contributed by atoms with Gasteiger partial charge in [0.15, 0.2) is 0 Å². The Hall–Kier alpha value is -2.83. The molecule has 0 aliphatic carbocycles. The van der Waals surface area contributed by atoms with Crippen LogP contribution in [0.15, 0.2) is 30.5 Å². The maximum absolute atomic E-state index is 12.3. The second-order valence-electron chi connectivity index (χ2n) is 12.1. The van der Waals surface area contributed by atoms with Crippen LogP contribution in [-0.4, -0.2) is 40.8 Å². The summed E-state index contributed by atoms with van der Waals surface area (Å²) in [6, 6.07) is 8.15. The highest BCUT2D eigenvalue weighted by Gasteiger charge is 2.24. The zero-order valence-corrected chi connectivity index (χ0v) is 24.0. The Bertz CT molecular complexity index is 994. The number of aromatic amines is 1. The van der Waals surface area contributed by atoms with E-state index in [1.165, 1.54) is 0 Å². The van der Waals surface area contributed by atoms with Crippen molar-refractivity contribution in [2.45, 2.75) is 107 Å². The molecule has 0 radical (unpaired) electrons. The molecule has 7 nitrogen and oxygen atoms in total. The van der Waals surface area contributed by atoms with Gasteiger partial charge in [-0.25, -0.2) is 4.79 Å². The average Bonchev–Trinajstić information content (AvgIpc) is 3.12. The summed E-state index contributed by atoms with van der Waals surface area (Å²) in [6.07, 6.45) is 3.76. The zero-order valence-electron chi connectivity index (χ0n) is 24.0. The molecule has 0 aliphatic rings. The van der Waals surface area contributed by atoms with E-state index in [0.29, 0.717) is 19.3 Å². The Kier molecular flexibility index (Phi) is 11.7. The van der Waals surface area contributed by atoms with Crippen molar-refractivity contribution in [1.29, 1.82) is 0 Å². The molecule has 202 valence electrons. The van der Waals surface area contributed by atoms with Gasteiger partial charge in [0, 0.05) is 52.5 Å². The molecule has 4 N–H and O–H groups in total. The number of nitrogens with one attached hydrogen (secondary N) is 4. The van der Waals surface area contributed by atoms with Gasteiger partial charge in [0.05, 0.1) is 0 Å². The van der Waals surface area contributed by atoms with Crippen molar-refractivity contribution in [2.75, 3.05) is 0 Å². The van der Waals surface area contributed by atoms with Gasteiger partial charge in [-0.05, 0) is 52.2 Å². The first-order valence-corrected chi connectivity index (χ1v) is 13.0. The van der Waals surface area contributed by atoms with Gasteiger partial charge in [0.2, 0.25) is 5.91 Å². The standard InChI is InChI=1S/C21H31N3O2.C8H17NO/c1-14(2)23-20(26)24-16(10-11-19(25)21(3,4)5)12-15-13-22-18-9-7-6-8-17(15)18;1-6(2)9-7(10)8(3,4)5/h6-9,13-14,16,22H,10-12H2,1-5H3,(H2,23,24,26);6H,1-5H3,(H,9,10). The van der Waals surface area contributed by atoms with Crippen molar-refractivity contribution in [1.82, 2.24) is 20.9 Å². The fourth-order valence-corrected chi connectivity index (χ4v) is 3.44. The molecule has 0 aliphatic heterocycles. The molecular formula is C29H48N4O3. The van der Waals surface area contributed by atoms with E-state index in [2.05, 4.69) is 27.0 Å². The number of hydrogen-bond donors (Lipinski definition) is 4. The molecule has 36 heavy (non-hydrogen) atoms. The smallest absolute Gasteiger partial charge is 0.315 e. The molecule has 0 spiro atoms. The molecular weight excluding hydrogens is 452 g/mol. The van der Waals surface area contributed by atoms with Crippen molar-refractivity contribution in [3.8, 4) is 0 Å². The number of ketones is 1. The summed E-state index contributed by atoms with van der Waals surface area (Å²) in [7, 11) is 0.